The van der Waals surface area contributed by atoms with Crippen molar-refractivity contribution in [3.05, 3.63) is 60.2 Å². The molecule has 2 amide bonds. The van der Waals surface area contributed by atoms with Gasteiger partial charge in [0.15, 0.2) is 0 Å². The molecule has 0 radical (unpaired) electrons. The Hall–Kier alpha value is -3.55. The number of rotatable bonds is 8. The Labute approximate surface area is 174 Å². The minimum Gasteiger partial charge on any atom is -0.352 e. The van der Waals surface area contributed by atoms with Crippen molar-refractivity contribution in [2.45, 2.75) is 38.8 Å². The molecule has 4 rings (SSSR count). The van der Waals surface area contributed by atoms with Crippen LogP contribution in [0.1, 0.15) is 31.2 Å². The minimum absolute atomic E-state index is 0.0268. The van der Waals surface area contributed by atoms with Crippen LogP contribution in [0.5, 0.6) is 0 Å². The SMILES string of the molecule is O=C(CCCn1nnc(-c2ccccc2)n1)NCc1cccc(N2CCCC2=O)c1. The lowest BCUT2D eigenvalue weighted by Gasteiger charge is -2.16. The molecule has 1 aliphatic rings. The maximum Gasteiger partial charge on any atom is 0.227 e. The average molecular weight is 404 g/mol. The molecule has 0 atom stereocenters. The molecule has 0 aliphatic carbocycles. The molecule has 2 heterocycles. The fourth-order valence-corrected chi connectivity index (χ4v) is 3.47. The number of nitrogens with zero attached hydrogens (tertiary/aromatic N) is 5. The van der Waals surface area contributed by atoms with Crippen LogP contribution in [0.3, 0.4) is 0 Å². The van der Waals surface area contributed by atoms with Crippen LogP contribution in [-0.4, -0.2) is 38.6 Å². The zero-order chi connectivity index (χ0) is 20.8. The van der Waals surface area contributed by atoms with Gasteiger partial charge in [-0.25, -0.2) is 0 Å². The maximum absolute atomic E-state index is 12.2. The summed E-state index contributed by atoms with van der Waals surface area (Å²) in [4.78, 5) is 27.4. The van der Waals surface area contributed by atoms with E-state index in [1.165, 1.54) is 4.80 Å². The number of aryl methyl sites for hydroxylation is 1. The first kappa shape index (κ1) is 19.8. The first-order chi connectivity index (χ1) is 14.7. The summed E-state index contributed by atoms with van der Waals surface area (Å²) >= 11 is 0. The summed E-state index contributed by atoms with van der Waals surface area (Å²) in [6.07, 6.45) is 2.51. The number of nitrogens with one attached hydrogen (secondary N) is 1. The first-order valence-electron chi connectivity index (χ1n) is 10.2. The molecule has 3 aromatic rings. The van der Waals surface area contributed by atoms with E-state index in [0.717, 1.165) is 29.8 Å². The number of aromatic nitrogens is 4. The van der Waals surface area contributed by atoms with E-state index in [4.69, 9.17) is 0 Å². The summed E-state index contributed by atoms with van der Waals surface area (Å²) in [5.74, 6) is 0.714. The minimum atomic E-state index is -0.0268. The molecule has 0 spiro atoms. The summed E-state index contributed by atoms with van der Waals surface area (Å²) in [6.45, 7) is 1.73. The predicted octanol–water partition coefficient (Wildman–Crippen LogP) is 2.56. The van der Waals surface area contributed by atoms with Crippen molar-refractivity contribution in [2.24, 2.45) is 0 Å². The predicted molar refractivity (Wildman–Crippen MR) is 112 cm³/mol. The molecule has 1 aromatic heterocycles. The second-order valence-corrected chi connectivity index (χ2v) is 7.27. The highest BCUT2D eigenvalue weighted by molar-refractivity contribution is 5.95. The van der Waals surface area contributed by atoms with Gasteiger partial charge in [-0.2, -0.15) is 4.80 Å². The van der Waals surface area contributed by atoms with Gasteiger partial charge in [0, 0.05) is 37.2 Å². The van der Waals surface area contributed by atoms with Gasteiger partial charge >= 0.3 is 0 Å². The van der Waals surface area contributed by atoms with E-state index in [-0.39, 0.29) is 11.8 Å². The summed E-state index contributed by atoms with van der Waals surface area (Å²) in [5.41, 5.74) is 2.79. The van der Waals surface area contributed by atoms with Crippen molar-refractivity contribution in [3.63, 3.8) is 0 Å². The summed E-state index contributed by atoms with van der Waals surface area (Å²) in [7, 11) is 0. The van der Waals surface area contributed by atoms with E-state index in [0.29, 0.717) is 38.2 Å². The second-order valence-electron chi connectivity index (χ2n) is 7.27. The highest BCUT2D eigenvalue weighted by Gasteiger charge is 2.21. The molecule has 0 saturated carbocycles. The number of tetrazole rings is 1. The van der Waals surface area contributed by atoms with E-state index in [1.54, 1.807) is 4.90 Å². The van der Waals surface area contributed by atoms with E-state index < -0.39 is 0 Å². The molecular weight excluding hydrogens is 380 g/mol. The number of carbonyl (C=O) groups is 2. The van der Waals surface area contributed by atoms with Crippen molar-refractivity contribution in [3.8, 4) is 11.4 Å². The summed E-state index contributed by atoms with van der Waals surface area (Å²) in [6, 6.07) is 17.4. The van der Waals surface area contributed by atoms with Crippen molar-refractivity contribution in [1.29, 1.82) is 0 Å². The molecule has 1 aliphatic heterocycles. The lowest BCUT2D eigenvalue weighted by molar-refractivity contribution is -0.121. The van der Waals surface area contributed by atoms with Gasteiger partial charge in [0.2, 0.25) is 17.6 Å². The van der Waals surface area contributed by atoms with Gasteiger partial charge in [-0.3, -0.25) is 9.59 Å². The van der Waals surface area contributed by atoms with E-state index in [2.05, 4.69) is 20.7 Å². The molecule has 2 aromatic carbocycles. The van der Waals surface area contributed by atoms with Crippen LogP contribution >= 0.6 is 0 Å². The lowest BCUT2D eigenvalue weighted by Crippen LogP contribution is -2.25. The lowest BCUT2D eigenvalue weighted by atomic mass is 10.2. The van der Waals surface area contributed by atoms with Crippen LogP contribution in [0.4, 0.5) is 5.69 Å². The first-order valence-corrected chi connectivity index (χ1v) is 10.2. The molecule has 8 heteroatoms. The molecule has 1 fully saturated rings. The molecule has 8 nitrogen and oxygen atoms in total. The molecule has 1 saturated heterocycles. The zero-order valence-electron chi connectivity index (χ0n) is 16.7. The normalized spacial score (nSPS) is 13.6. The van der Waals surface area contributed by atoms with Crippen molar-refractivity contribution < 1.29 is 9.59 Å². The Morgan fingerprint density at radius 1 is 1.10 bits per heavy atom. The van der Waals surface area contributed by atoms with E-state index in [9.17, 15) is 9.59 Å². The Kier molecular flexibility index (Phi) is 6.12. The van der Waals surface area contributed by atoms with Gasteiger partial charge < -0.3 is 10.2 Å². The topological polar surface area (TPSA) is 93.0 Å². The quantitative estimate of drug-likeness (QED) is 0.623. The number of anilines is 1. The van der Waals surface area contributed by atoms with Gasteiger partial charge in [-0.1, -0.05) is 42.5 Å². The number of amides is 2. The standard InChI is InChI=1S/C22H24N6O2/c29-20(11-5-14-28-25-22(24-26-28)18-8-2-1-3-9-18)23-16-17-7-4-10-19(15-17)27-13-6-12-21(27)30/h1-4,7-10,15H,5-6,11-14,16H2,(H,23,29). The third kappa shape index (κ3) is 4.89. The largest absolute Gasteiger partial charge is 0.352 e. The van der Waals surface area contributed by atoms with Gasteiger partial charge in [0.1, 0.15) is 0 Å². The number of benzene rings is 2. The van der Waals surface area contributed by atoms with Crippen LogP contribution in [0.25, 0.3) is 11.4 Å². The molecule has 1 N–H and O–H groups in total. The highest BCUT2D eigenvalue weighted by Crippen LogP contribution is 2.22. The van der Waals surface area contributed by atoms with Gasteiger partial charge in [0.25, 0.3) is 0 Å². The molecule has 154 valence electrons. The Balaban J connectivity index is 1.22. The van der Waals surface area contributed by atoms with Crippen LogP contribution < -0.4 is 10.2 Å². The maximum atomic E-state index is 12.2. The van der Waals surface area contributed by atoms with Crippen LogP contribution in [0.2, 0.25) is 0 Å². The Morgan fingerprint density at radius 2 is 1.97 bits per heavy atom. The number of hydrogen-bond donors (Lipinski definition) is 1. The van der Waals surface area contributed by atoms with Crippen molar-refractivity contribution in [2.75, 3.05) is 11.4 Å². The molecule has 0 bridgehead atoms. The fraction of sp³-hybridized carbons (Fsp3) is 0.318. The van der Waals surface area contributed by atoms with Gasteiger partial charge in [0.05, 0.1) is 6.54 Å². The smallest absolute Gasteiger partial charge is 0.227 e. The zero-order valence-corrected chi connectivity index (χ0v) is 16.7. The van der Waals surface area contributed by atoms with E-state index in [1.807, 2.05) is 54.6 Å². The second kappa shape index (κ2) is 9.30. The Bertz CT molecular complexity index is 1020. The van der Waals surface area contributed by atoms with Crippen molar-refractivity contribution >= 4 is 17.5 Å². The fourth-order valence-electron chi connectivity index (χ4n) is 3.47. The molecule has 30 heavy (non-hydrogen) atoms. The Morgan fingerprint density at radius 3 is 2.77 bits per heavy atom. The summed E-state index contributed by atoms with van der Waals surface area (Å²) in [5, 5.41) is 15.4. The number of hydrogen-bond acceptors (Lipinski definition) is 5. The van der Waals surface area contributed by atoms with Gasteiger partial charge in [-0.15, -0.1) is 10.2 Å². The molecule has 0 unspecified atom stereocenters. The summed E-state index contributed by atoms with van der Waals surface area (Å²) < 4.78 is 0. The van der Waals surface area contributed by atoms with Crippen LogP contribution in [0, 0.1) is 0 Å². The van der Waals surface area contributed by atoms with E-state index >= 15 is 0 Å². The van der Waals surface area contributed by atoms with Crippen LogP contribution in [-0.2, 0) is 22.7 Å². The third-order valence-electron chi connectivity index (χ3n) is 5.03. The van der Waals surface area contributed by atoms with Crippen molar-refractivity contribution in [1.82, 2.24) is 25.5 Å². The van der Waals surface area contributed by atoms with Gasteiger partial charge in [-0.05, 0) is 35.8 Å². The monoisotopic (exact) mass is 404 g/mol. The third-order valence-corrected chi connectivity index (χ3v) is 5.03. The number of carbonyl (C=O) groups excluding carboxylic acids is 2. The van der Waals surface area contributed by atoms with Crippen LogP contribution in [0.15, 0.2) is 54.6 Å². The molecular formula is C22H24N6O2. The average Bonchev–Trinajstić information content (AvgIpc) is 3.42. The highest BCUT2D eigenvalue weighted by atomic mass is 16.2.